The van der Waals surface area contributed by atoms with E-state index in [1.807, 2.05) is 0 Å². The average molecular weight is 348 g/mol. The van der Waals surface area contributed by atoms with Crippen molar-refractivity contribution in [3.8, 4) is 0 Å². The Morgan fingerprint density at radius 3 is 2.50 bits per heavy atom. The van der Waals surface area contributed by atoms with Crippen LogP contribution in [0, 0.1) is 11.8 Å². The largest absolute Gasteiger partial charge is 0.349 e. The standard InChI is InChI=1S/C18H24N2O3S/c1-3-10-20(24(2,22)23)16-8-6-14(7-9-16)18(21)19-17-12-13-4-5-15(17)11-13/h3,6-9,13,15,17H,1,4-5,10-12H2,2H3,(H,19,21). The number of nitrogens with one attached hydrogen (secondary N) is 1. The van der Waals surface area contributed by atoms with E-state index in [0.29, 0.717) is 23.2 Å². The number of amides is 1. The third-order valence-electron chi connectivity index (χ3n) is 5.17. The van der Waals surface area contributed by atoms with Gasteiger partial charge in [-0.05, 0) is 55.4 Å². The average Bonchev–Trinajstić information content (AvgIpc) is 3.14. The fourth-order valence-electron chi connectivity index (χ4n) is 4.00. The maximum atomic E-state index is 12.4. The molecule has 0 saturated heterocycles. The Hall–Kier alpha value is -1.82. The van der Waals surface area contributed by atoms with E-state index in [9.17, 15) is 13.2 Å². The molecular formula is C18H24N2O3S. The molecule has 2 bridgehead atoms. The lowest BCUT2D eigenvalue weighted by Gasteiger charge is -2.23. The van der Waals surface area contributed by atoms with E-state index in [4.69, 9.17) is 0 Å². The zero-order chi connectivity index (χ0) is 17.3. The van der Waals surface area contributed by atoms with E-state index in [1.54, 1.807) is 24.3 Å². The topological polar surface area (TPSA) is 66.5 Å². The van der Waals surface area contributed by atoms with Crippen LogP contribution in [0.4, 0.5) is 5.69 Å². The predicted molar refractivity (Wildman–Crippen MR) is 95.5 cm³/mol. The van der Waals surface area contributed by atoms with Gasteiger partial charge in [0.1, 0.15) is 0 Å². The number of benzene rings is 1. The van der Waals surface area contributed by atoms with Gasteiger partial charge in [0, 0.05) is 11.6 Å². The molecule has 2 saturated carbocycles. The van der Waals surface area contributed by atoms with Crippen LogP contribution in [-0.4, -0.2) is 33.2 Å². The smallest absolute Gasteiger partial charge is 0.251 e. The highest BCUT2D eigenvalue weighted by molar-refractivity contribution is 7.92. The maximum absolute atomic E-state index is 12.4. The maximum Gasteiger partial charge on any atom is 0.251 e. The van der Waals surface area contributed by atoms with E-state index in [2.05, 4.69) is 11.9 Å². The zero-order valence-electron chi connectivity index (χ0n) is 13.9. The van der Waals surface area contributed by atoms with Gasteiger partial charge in [-0.2, -0.15) is 0 Å². The molecule has 3 unspecified atom stereocenters. The van der Waals surface area contributed by atoms with Crippen molar-refractivity contribution in [3.05, 3.63) is 42.5 Å². The summed E-state index contributed by atoms with van der Waals surface area (Å²) in [4.78, 5) is 12.4. The molecule has 6 heteroatoms. The molecule has 0 spiro atoms. The van der Waals surface area contributed by atoms with Gasteiger partial charge in [0.2, 0.25) is 10.0 Å². The minimum Gasteiger partial charge on any atom is -0.349 e. The summed E-state index contributed by atoms with van der Waals surface area (Å²) in [5.41, 5.74) is 1.10. The molecule has 0 heterocycles. The second-order valence-electron chi connectivity index (χ2n) is 6.88. The number of sulfonamides is 1. The van der Waals surface area contributed by atoms with Crippen LogP contribution in [0.2, 0.25) is 0 Å². The Bertz CT molecular complexity index is 727. The lowest BCUT2D eigenvalue weighted by Crippen LogP contribution is -2.38. The predicted octanol–water partition coefficient (Wildman–Crippen LogP) is 2.56. The number of hydrogen-bond acceptors (Lipinski definition) is 3. The van der Waals surface area contributed by atoms with Gasteiger partial charge in [-0.15, -0.1) is 6.58 Å². The summed E-state index contributed by atoms with van der Waals surface area (Å²) in [5, 5.41) is 3.14. The van der Waals surface area contributed by atoms with E-state index in [-0.39, 0.29) is 12.5 Å². The molecule has 2 fully saturated rings. The number of fused-ring (bicyclic) bond motifs is 2. The van der Waals surface area contributed by atoms with Crippen LogP contribution >= 0.6 is 0 Å². The number of nitrogens with zero attached hydrogens (tertiary/aromatic N) is 1. The van der Waals surface area contributed by atoms with E-state index in [0.717, 1.165) is 18.6 Å². The molecule has 1 aromatic carbocycles. The summed E-state index contributed by atoms with van der Waals surface area (Å²) < 4.78 is 24.9. The minimum absolute atomic E-state index is 0.0753. The molecule has 1 aromatic rings. The summed E-state index contributed by atoms with van der Waals surface area (Å²) in [6, 6.07) is 6.99. The third-order valence-corrected chi connectivity index (χ3v) is 6.33. The summed E-state index contributed by atoms with van der Waals surface area (Å²) in [6.45, 7) is 3.79. The molecule has 0 aliphatic heterocycles. The van der Waals surface area contributed by atoms with Gasteiger partial charge < -0.3 is 5.32 Å². The number of carbonyl (C=O) groups is 1. The lowest BCUT2D eigenvalue weighted by molar-refractivity contribution is 0.0923. The first kappa shape index (κ1) is 17.0. The number of anilines is 1. The molecule has 1 N–H and O–H groups in total. The highest BCUT2D eigenvalue weighted by atomic mass is 32.2. The molecule has 0 radical (unpaired) electrons. The van der Waals surface area contributed by atoms with Crippen molar-refractivity contribution >= 4 is 21.6 Å². The zero-order valence-corrected chi connectivity index (χ0v) is 14.8. The summed E-state index contributed by atoms with van der Waals surface area (Å²) in [5.74, 6) is 1.34. The Morgan fingerprint density at radius 1 is 1.29 bits per heavy atom. The van der Waals surface area contributed by atoms with Crippen molar-refractivity contribution in [2.45, 2.75) is 31.7 Å². The molecule has 2 aliphatic carbocycles. The Balaban J connectivity index is 1.69. The molecule has 3 atom stereocenters. The SMILES string of the molecule is C=CCN(c1ccc(C(=O)NC2CC3CCC2C3)cc1)S(C)(=O)=O. The molecule has 3 rings (SSSR count). The first-order valence-corrected chi connectivity index (χ1v) is 10.2. The highest BCUT2D eigenvalue weighted by Crippen LogP contribution is 2.44. The Labute approximate surface area is 143 Å². The third kappa shape index (κ3) is 3.48. The molecule has 0 aromatic heterocycles. The van der Waals surface area contributed by atoms with Gasteiger partial charge >= 0.3 is 0 Å². The van der Waals surface area contributed by atoms with Crippen molar-refractivity contribution in [2.75, 3.05) is 17.1 Å². The molecular weight excluding hydrogens is 324 g/mol. The molecule has 5 nitrogen and oxygen atoms in total. The van der Waals surface area contributed by atoms with Gasteiger partial charge in [0.15, 0.2) is 0 Å². The Morgan fingerprint density at radius 2 is 2.00 bits per heavy atom. The fourth-order valence-corrected chi connectivity index (χ4v) is 4.88. The van der Waals surface area contributed by atoms with Crippen LogP contribution in [0.15, 0.2) is 36.9 Å². The van der Waals surface area contributed by atoms with Gasteiger partial charge in [-0.3, -0.25) is 9.10 Å². The van der Waals surface area contributed by atoms with Crippen molar-refractivity contribution in [1.29, 1.82) is 0 Å². The second kappa shape index (κ2) is 6.59. The van der Waals surface area contributed by atoms with Crippen molar-refractivity contribution < 1.29 is 13.2 Å². The minimum atomic E-state index is -3.38. The summed E-state index contributed by atoms with van der Waals surface area (Å²) >= 11 is 0. The van der Waals surface area contributed by atoms with Crippen LogP contribution in [0.3, 0.4) is 0 Å². The van der Waals surface area contributed by atoms with Crippen molar-refractivity contribution in [1.82, 2.24) is 5.32 Å². The van der Waals surface area contributed by atoms with Crippen LogP contribution in [0.1, 0.15) is 36.0 Å². The van der Waals surface area contributed by atoms with Crippen LogP contribution in [0.25, 0.3) is 0 Å². The highest BCUT2D eigenvalue weighted by Gasteiger charge is 2.40. The number of rotatable bonds is 6. The first-order valence-electron chi connectivity index (χ1n) is 8.38. The second-order valence-corrected chi connectivity index (χ2v) is 8.79. The molecule has 24 heavy (non-hydrogen) atoms. The fraction of sp³-hybridized carbons (Fsp3) is 0.500. The first-order chi connectivity index (χ1) is 11.4. The van der Waals surface area contributed by atoms with Gasteiger partial charge in [0.05, 0.1) is 18.5 Å². The van der Waals surface area contributed by atoms with Gasteiger partial charge in [-0.25, -0.2) is 8.42 Å². The van der Waals surface area contributed by atoms with Crippen LogP contribution in [-0.2, 0) is 10.0 Å². The van der Waals surface area contributed by atoms with Crippen molar-refractivity contribution in [3.63, 3.8) is 0 Å². The molecule has 1 amide bonds. The van der Waals surface area contributed by atoms with E-state index in [1.165, 1.54) is 29.6 Å². The van der Waals surface area contributed by atoms with E-state index < -0.39 is 10.0 Å². The van der Waals surface area contributed by atoms with Crippen LogP contribution in [0.5, 0.6) is 0 Å². The Kier molecular flexibility index (Phi) is 4.67. The number of carbonyl (C=O) groups excluding carboxylic acids is 1. The number of hydrogen-bond donors (Lipinski definition) is 1. The van der Waals surface area contributed by atoms with Crippen LogP contribution < -0.4 is 9.62 Å². The van der Waals surface area contributed by atoms with E-state index >= 15 is 0 Å². The van der Waals surface area contributed by atoms with Gasteiger partial charge in [-0.1, -0.05) is 12.5 Å². The molecule has 130 valence electrons. The normalized spacial score (nSPS) is 25.5. The lowest BCUT2D eigenvalue weighted by atomic mass is 9.95. The monoisotopic (exact) mass is 348 g/mol. The summed E-state index contributed by atoms with van der Waals surface area (Å²) in [6.07, 6.45) is 7.56. The van der Waals surface area contributed by atoms with Gasteiger partial charge in [0.25, 0.3) is 5.91 Å². The van der Waals surface area contributed by atoms with Crippen molar-refractivity contribution in [2.24, 2.45) is 11.8 Å². The summed E-state index contributed by atoms with van der Waals surface area (Å²) in [7, 11) is -3.38. The quantitative estimate of drug-likeness (QED) is 0.804. The molecule has 2 aliphatic rings.